The van der Waals surface area contributed by atoms with E-state index in [0.717, 1.165) is 62.4 Å². The predicted octanol–water partition coefficient (Wildman–Crippen LogP) is 4.89. The van der Waals surface area contributed by atoms with Crippen LogP contribution in [0.1, 0.15) is 77.6 Å². The second kappa shape index (κ2) is 12.9. The summed E-state index contributed by atoms with van der Waals surface area (Å²) >= 11 is 0. The number of hydrogen-bond donors (Lipinski definition) is 2. The van der Waals surface area contributed by atoms with Crippen LogP contribution < -0.4 is 10.6 Å². The van der Waals surface area contributed by atoms with Gasteiger partial charge in [0.1, 0.15) is 5.76 Å². The standard InChI is InChI=1S/C23H43N5O.HI/c1-8-24-22(26-17(2)9-12-23(5,6)7)25-15-20-10-13-28(14-11-20)16-21-27-18(3)19(4)29-21;/h17,20H,8-16H2,1-7H3,(H2,24,25,26);1H. The zero-order chi connectivity index (χ0) is 21.4. The molecular formula is C23H44IN5O. The molecule has 0 aromatic carbocycles. The van der Waals surface area contributed by atoms with Gasteiger partial charge in [0.05, 0.1) is 12.2 Å². The number of likely N-dealkylation sites (tertiary alicyclic amines) is 1. The van der Waals surface area contributed by atoms with Crippen molar-refractivity contribution in [3.05, 3.63) is 17.3 Å². The van der Waals surface area contributed by atoms with E-state index in [4.69, 9.17) is 9.41 Å². The van der Waals surface area contributed by atoms with E-state index in [9.17, 15) is 0 Å². The first-order valence-electron chi connectivity index (χ1n) is 11.4. The van der Waals surface area contributed by atoms with Crippen molar-refractivity contribution >= 4 is 29.9 Å². The fourth-order valence-electron chi connectivity index (χ4n) is 3.62. The van der Waals surface area contributed by atoms with Gasteiger partial charge in [0.15, 0.2) is 5.96 Å². The highest BCUT2D eigenvalue weighted by atomic mass is 127. The third-order valence-electron chi connectivity index (χ3n) is 5.70. The molecule has 0 bridgehead atoms. The third-order valence-corrected chi connectivity index (χ3v) is 5.70. The van der Waals surface area contributed by atoms with E-state index in [1.54, 1.807) is 0 Å². The van der Waals surface area contributed by atoms with E-state index >= 15 is 0 Å². The molecule has 0 saturated carbocycles. The Morgan fingerprint density at radius 2 is 1.93 bits per heavy atom. The van der Waals surface area contributed by atoms with Gasteiger partial charge >= 0.3 is 0 Å². The molecule has 1 fully saturated rings. The molecule has 1 atom stereocenters. The quantitative estimate of drug-likeness (QED) is 0.283. The van der Waals surface area contributed by atoms with Crippen LogP contribution in [0, 0.1) is 25.2 Å². The minimum atomic E-state index is 0. The fourth-order valence-corrected chi connectivity index (χ4v) is 3.62. The zero-order valence-electron chi connectivity index (χ0n) is 20.2. The SMILES string of the molecule is CCNC(=NCC1CCN(Cc2nc(C)c(C)o2)CC1)NC(C)CCC(C)(C)C.I. The molecule has 2 heterocycles. The van der Waals surface area contributed by atoms with Gasteiger partial charge in [-0.2, -0.15) is 0 Å². The fraction of sp³-hybridized carbons (Fsp3) is 0.826. The van der Waals surface area contributed by atoms with Crippen LogP contribution in [0.3, 0.4) is 0 Å². The van der Waals surface area contributed by atoms with Gasteiger partial charge in [0.25, 0.3) is 0 Å². The van der Waals surface area contributed by atoms with Crippen LogP contribution in [0.2, 0.25) is 0 Å². The van der Waals surface area contributed by atoms with Crippen molar-refractivity contribution in [1.82, 2.24) is 20.5 Å². The molecule has 0 amide bonds. The molecule has 1 aliphatic heterocycles. The van der Waals surface area contributed by atoms with Crippen molar-refractivity contribution in [2.45, 2.75) is 86.7 Å². The monoisotopic (exact) mass is 533 g/mol. The van der Waals surface area contributed by atoms with Crippen molar-refractivity contribution in [2.75, 3.05) is 26.2 Å². The average Bonchev–Trinajstić information content (AvgIpc) is 2.96. The number of rotatable bonds is 8. The lowest BCUT2D eigenvalue weighted by atomic mass is 9.89. The molecule has 0 spiro atoms. The van der Waals surface area contributed by atoms with Crippen LogP contribution in [-0.4, -0.2) is 48.1 Å². The summed E-state index contributed by atoms with van der Waals surface area (Å²) in [5.41, 5.74) is 1.38. The molecular weight excluding hydrogens is 489 g/mol. The minimum Gasteiger partial charge on any atom is -0.444 e. The molecule has 2 rings (SSSR count). The summed E-state index contributed by atoms with van der Waals surface area (Å²) in [7, 11) is 0. The van der Waals surface area contributed by atoms with Crippen LogP contribution in [0.5, 0.6) is 0 Å². The van der Waals surface area contributed by atoms with Crippen molar-refractivity contribution in [3.8, 4) is 0 Å². The molecule has 2 N–H and O–H groups in total. The van der Waals surface area contributed by atoms with E-state index in [1.807, 2.05) is 13.8 Å². The Hall–Kier alpha value is -0.830. The van der Waals surface area contributed by atoms with Gasteiger partial charge in [-0.3, -0.25) is 9.89 Å². The highest BCUT2D eigenvalue weighted by Crippen LogP contribution is 2.22. The topological polar surface area (TPSA) is 65.7 Å². The van der Waals surface area contributed by atoms with Crippen molar-refractivity contribution < 1.29 is 4.42 Å². The summed E-state index contributed by atoms with van der Waals surface area (Å²) in [6.07, 6.45) is 4.73. The van der Waals surface area contributed by atoms with Crippen LogP contribution in [0.15, 0.2) is 9.41 Å². The van der Waals surface area contributed by atoms with Gasteiger partial charge in [-0.1, -0.05) is 20.8 Å². The predicted molar refractivity (Wildman–Crippen MR) is 137 cm³/mol. The molecule has 0 aliphatic carbocycles. The number of aromatic nitrogens is 1. The Labute approximate surface area is 201 Å². The largest absolute Gasteiger partial charge is 0.444 e. The van der Waals surface area contributed by atoms with Crippen molar-refractivity contribution in [3.63, 3.8) is 0 Å². The zero-order valence-corrected chi connectivity index (χ0v) is 22.5. The van der Waals surface area contributed by atoms with E-state index < -0.39 is 0 Å². The smallest absolute Gasteiger partial charge is 0.208 e. The Balaban J connectivity index is 0.00000450. The van der Waals surface area contributed by atoms with Crippen LogP contribution in [0.4, 0.5) is 0 Å². The summed E-state index contributed by atoms with van der Waals surface area (Å²) in [5.74, 6) is 3.39. The number of guanidine groups is 1. The first-order valence-corrected chi connectivity index (χ1v) is 11.4. The second-order valence-electron chi connectivity index (χ2n) is 9.83. The molecule has 30 heavy (non-hydrogen) atoms. The number of aliphatic imine (C=N–C) groups is 1. The summed E-state index contributed by atoms with van der Waals surface area (Å²) in [6.45, 7) is 20.1. The maximum absolute atomic E-state index is 5.74. The lowest BCUT2D eigenvalue weighted by Crippen LogP contribution is -2.43. The van der Waals surface area contributed by atoms with Gasteiger partial charge in [0, 0.05) is 19.1 Å². The van der Waals surface area contributed by atoms with Crippen molar-refractivity contribution in [2.24, 2.45) is 16.3 Å². The van der Waals surface area contributed by atoms with Gasteiger partial charge in [-0.05, 0) is 77.8 Å². The maximum Gasteiger partial charge on any atom is 0.208 e. The summed E-state index contributed by atoms with van der Waals surface area (Å²) in [5, 5.41) is 6.99. The Morgan fingerprint density at radius 3 is 2.47 bits per heavy atom. The Bertz CT molecular complexity index is 625. The van der Waals surface area contributed by atoms with Gasteiger partial charge in [-0.25, -0.2) is 4.98 Å². The molecule has 6 nitrogen and oxygen atoms in total. The Kier molecular flexibility index (Phi) is 11.7. The van der Waals surface area contributed by atoms with Crippen molar-refractivity contribution in [1.29, 1.82) is 0 Å². The molecule has 1 aromatic heterocycles. The Morgan fingerprint density at radius 1 is 1.27 bits per heavy atom. The van der Waals surface area contributed by atoms with E-state index in [0.29, 0.717) is 17.4 Å². The number of halogens is 1. The summed E-state index contributed by atoms with van der Waals surface area (Å²) in [6, 6.07) is 0.432. The molecule has 1 aromatic rings. The van der Waals surface area contributed by atoms with E-state index in [2.05, 4.69) is 55.1 Å². The molecule has 1 saturated heterocycles. The minimum absolute atomic E-state index is 0. The van der Waals surface area contributed by atoms with Crippen LogP contribution in [0.25, 0.3) is 0 Å². The van der Waals surface area contributed by atoms with Gasteiger partial charge in [-0.15, -0.1) is 24.0 Å². The molecule has 174 valence electrons. The highest BCUT2D eigenvalue weighted by Gasteiger charge is 2.21. The highest BCUT2D eigenvalue weighted by molar-refractivity contribution is 14.0. The molecule has 7 heteroatoms. The number of aryl methyl sites for hydroxylation is 2. The number of hydrogen-bond acceptors (Lipinski definition) is 4. The molecule has 0 radical (unpaired) electrons. The van der Waals surface area contributed by atoms with Gasteiger partial charge < -0.3 is 15.1 Å². The number of nitrogens with zero attached hydrogens (tertiary/aromatic N) is 3. The van der Waals surface area contributed by atoms with Crippen LogP contribution in [-0.2, 0) is 6.54 Å². The average molecular weight is 534 g/mol. The summed E-state index contributed by atoms with van der Waals surface area (Å²) in [4.78, 5) is 11.9. The number of piperidine rings is 1. The summed E-state index contributed by atoms with van der Waals surface area (Å²) < 4.78 is 5.74. The molecule has 1 aliphatic rings. The lowest BCUT2D eigenvalue weighted by molar-refractivity contribution is 0.166. The maximum atomic E-state index is 5.74. The first kappa shape index (κ1) is 27.2. The third kappa shape index (κ3) is 9.98. The first-order chi connectivity index (χ1) is 13.7. The normalized spacial score (nSPS) is 17.5. The second-order valence-corrected chi connectivity index (χ2v) is 9.83. The number of oxazole rings is 1. The lowest BCUT2D eigenvalue weighted by Gasteiger charge is -2.30. The number of nitrogens with one attached hydrogen (secondary N) is 2. The van der Waals surface area contributed by atoms with E-state index in [1.165, 1.54) is 19.3 Å². The van der Waals surface area contributed by atoms with Gasteiger partial charge in [0.2, 0.25) is 5.89 Å². The molecule has 1 unspecified atom stereocenters. The van der Waals surface area contributed by atoms with E-state index in [-0.39, 0.29) is 24.0 Å². The van der Waals surface area contributed by atoms with Crippen LogP contribution >= 0.6 is 24.0 Å².